The van der Waals surface area contributed by atoms with Gasteiger partial charge < -0.3 is 15.0 Å². The third-order valence-electron chi connectivity index (χ3n) is 5.52. The molecule has 0 spiro atoms. The summed E-state index contributed by atoms with van der Waals surface area (Å²) in [6, 6.07) is 11.4. The number of fused-ring (bicyclic) bond motifs is 1. The van der Waals surface area contributed by atoms with Gasteiger partial charge in [-0.1, -0.05) is 24.7 Å². The molecule has 0 aliphatic carbocycles. The molecule has 1 aromatic heterocycles. The molecule has 32 heavy (non-hydrogen) atoms. The number of esters is 1. The van der Waals surface area contributed by atoms with Crippen LogP contribution in [-0.4, -0.2) is 36.6 Å². The lowest BCUT2D eigenvalue weighted by Gasteiger charge is -2.31. The summed E-state index contributed by atoms with van der Waals surface area (Å²) >= 11 is 1.45. The molecule has 168 valence electrons. The summed E-state index contributed by atoms with van der Waals surface area (Å²) in [4.78, 5) is 31.6. The van der Waals surface area contributed by atoms with E-state index in [0.29, 0.717) is 24.4 Å². The zero-order valence-corrected chi connectivity index (χ0v) is 18.8. The van der Waals surface area contributed by atoms with E-state index in [0.717, 1.165) is 47.6 Å². The Labute approximate surface area is 190 Å². The largest absolute Gasteiger partial charge is 0.462 e. The van der Waals surface area contributed by atoms with Crippen molar-refractivity contribution in [2.45, 2.75) is 32.6 Å². The Morgan fingerprint density at radius 2 is 2.06 bits per heavy atom. The molecule has 0 bridgehead atoms. The van der Waals surface area contributed by atoms with Gasteiger partial charge in [-0.05, 0) is 61.7 Å². The van der Waals surface area contributed by atoms with Crippen molar-refractivity contribution in [3.63, 3.8) is 0 Å². The molecule has 4 rings (SSSR count). The number of nitrogens with zero attached hydrogens (tertiary/aromatic N) is 2. The molecule has 1 amide bonds. The number of carbonyl (C=O) groups is 2. The Morgan fingerprint density at radius 1 is 1.25 bits per heavy atom. The first-order valence-corrected chi connectivity index (χ1v) is 11.7. The molecule has 2 aromatic carbocycles. The first-order valence-electron chi connectivity index (χ1n) is 10.9. The number of thiazole rings is 1. The zero-order valence-electron chi connectivity index (χ0n) is 18.0. The van der Waals surface area contributed by atoms with Crippen molar-refractivity contribution in [2.75, 3.05) is 29.9 Å². The number of piperidine rings is 1. The van der Waals surface area contributed by atoms with Gasteiger partial charge in [-0.2, -0.15) is 0 Å². The summed E-state index contributed by atoms with van der Waals surface area (Å²) in [6.07, 6.45) is 3.48. The van der Waals surface area contributed by atoms with Crippen LogP contribution >= 0.6 is 11.3 Å². The Bertz CT molecular complexity index is 1100. The van der Waals surface area contributed by atoms with Crippen molar-refractivity contribution in [2.24, 2.45) is 5.92 Å². The molecular weight excluding hydrogens is 429 g/mol. The number of aromatic nitrogens is 1. The molecule has 3 aromatic rings. The molecule has 0 radical (unpaired) electrons. The van der Waals surface area contributed by atoms with Gasteiger partial charge in [0.05, 0.1) is 28.3 Å². The zero-order chi connectivity index (χ0) is 22.5. The second-order valence-corrected chi connectivity index (χ2v) is 8.96. The number of amides is 1. The van der Waals surface area contributed by atoms with Crippen LogP contribution in [0.25, 0.3) is 10.2 Å². The number of halogens is 1. The molecule has 1 fully saturated rings. The third-order valence-corrected chi connectivity index (χ3v) is 6.60. The number of ether oxygens (including phenoxy) is 1. The van der Waals surface area contributed by atoms with Gasteiger partial charge in [-0.15, -0.1) is 0 Å². The van der Waals surface area contributed by atoms with Gasteiger partial charge in [0.25, 0.3) is 0 Å². The van der Waals surface area contributed by atoms with E-state index in [1.54, 1.807) is 30.3 Å². The lowest BCUT2D eigenvalue weighted by Crippen LogP contribution is -2.40. The van der Waals surface area contributed by atoms with Crippen LogP contribution < -0.4 is 10.2 Å². The van der Waals surface area contributed by atoms with E-state index in [1.807, 2.05) is 6.92 Å². The maximum absolute atomic E-state index is 13.5. The van der Waals surface area contributed by atoms with Gasteiger partial charge in [0, 0.05) is 18.8 Å². The number of rotatable bonds is 7. The Balaban J connectivity index is 1.36. The van der Waals surface area contributed by atoms with E-state index >= 15 is 0 Å². The standard InChI is InChI=1S/C24H26FN3O3S/c1-2-3-13-31-23(30)16-6-9-19(10-7-16)26-22(29)17-5-4-12-28(15-17)24-27-20-11-8-18(25)14-21(20)32-24/h6-11,14,17H,2-5,12-13,15H2,1H3,(H,26,29). The van der Waals surface area contributed by atoms with Crippen LogP contribution in [0.5, 0.6) is 0 Å². The van der Waals surface area contributed by atoms with Crippen LogP contribution in [0.1, 0.15) is 43.0 Å². The van der Waals surface area contributed by atoms with Gasteiger partial charge in [-0.3, -0.25) is 4.79 Å². The fraction of sp³-hybridized carbons (Fsp3) is 0.375. The van der Waals surface area contributed by atoms with Crippen LogP contribution in [0, 0.1) is 11.7 Å². The lowest BCUT2D eigenvalue weighted by atomic mass is 9.97. The molecule has 1 aliphatic rings. The summed E-state index contributed by atoms with van der Waals surface area (Å²) < 4.78 is 19.5. The quantitative estimate of drug-likeness (QED) is 0.389. The molecule has 2 heterocycles. The first kappa shape index (κ1) is 22.2. The molecule has 1 atom stereocenters. The SMILES string of the molecule is CCCCOC(=O)c1ccc(NC(=O)C2CCCN(c3nc4ccc(F)cc4s3)C2)cc1. The molecule has 1 saturated heterocycles. The Hall–Kier alpha value is -3.00. The highest BCUT2D eigenvalue weighted by Crippen LogP contribution is 2.32. The number of hydrogen-bond acceptors (Lipinski definition) is 6. The van der Waals surface area contributed by atoms with Crippen molar-refractivity contribution in [1.82, 2.24) is 4.98 Å². The fourth-order valence-electron chi connectivity index (χ4n) is 3.71. The smallest absolute Gasteiger partial charge is 0.338 e. The summed E-state index contributed by atoms with van der Waals surface area (Å²) in [5.41, 5.74) is 1.88. The molecule has 8 heteroatoms. The average Bonchev–Trinajstić information content (AvgIpc) is 3.23. The summed E-state index contributed by atoms with van der Waals surface area (Å²) in [6.45, 7) is 3.84. The van der Waals surface area contributed by atoms with Crippen LogP contribution in [0.15, 0.2) is 42.5 Å². The summed E-state index contributed by atoms with van der Waals surface area (Å²) in [5, 5.41) is 3.77. The van der Waals surface area contributed by atoms with Crippen LogP contribution in [0.2, 0.25) is 0 Å². The van der Waals surface area contributed by atoms with Gasteiger partial charge in [0.1, 0.15) is 5.82 Å². The topological polar surface area (TPSA) is 71.5 Å². The van der Waals surface area contributed by atoms with E-state index in [1.165, 1.54) is 23.5 Å². The predicted molar refractivity (Wildman–Crippen MR) is 125 cm³/mol. The van der Waals surface area contributed by atoms with Crippen LogP contribution in [0.4, 0.5) is 15.2 Å². The number of benzene rings is 2. The second kappa shape index (κ2) is 10.1. The Kier molecular flexibility index (Phi) is 6.99. The van der Waals surface area contributed by atoms with Gasteiger partial charge in [0.15, 0.2) is 5.13 Å². The molecule has 0 saturated carbocycles. The third kappa shape index (κ3) is 5.24. The summed E-state index contributed by atoms with van der Waals surface area (Å²) in [5.74, 6) is -0.856. The number of hydrogen-bond donors (Lipinski definition) is 1. The summed E-state index contributed by atoms with van der Waals surface area (Å²) in [7, 11) is 0. The molecule has 6 nitrogen and oxygen atoms in total. The van der Waals surface area contributed by atoms with Crippen molar-refractivity contribution in [1.29, 1.82) is 0 Å². The normalized spacial score (nSPS) is 16.2. The minimum Gasteiger partial charge on any atom is -0.462 e. The van der Waals surface area contributed by atoms with E-state index in [-0.39, 0.29) is 23.6 Å². The van der Waals surface area contributed by atoms with Crippen LogP contribution in [-0.2, 0) is 9.53 Å². The molecule has 1 aliphatic heterocycles. The van der Waals surface area contributed by atoms with Crippen molar-refractivity contribution >= 4 is 44.2 Å². The molecule has 1 unspecified atom stereocenters. The van der Waals surface area contributed by atoms with Crippen molar-refractivity contribution in [3.05, 3.63) is 53.8 Å². The van der Waals surface area contributed by atoms with Crippen LogP contribution in [0.3, 0.4) is 0 Å². The predicted octanol–water partition coefficient (Wildman–Crippen LogP) is 5.25. The minimum absolute atomic E-state index is 0.0554. The van der Waals surface area contributed by atoms with Gasteiger partial charge >= 0.3 is 5.97 Å². The second-order valence-electron chi connectivity index (χ2n) is 7.95. The highest BCUT2D eigenvalue weighted by Gasteiger charge is 2.27. The van der Waals surface area contributed by atoms with Gasteiger partial charge in [0.2, 0.25) is 5.91 Å². The monoisotopic (exact) mass is 455 g/mol. The molecule has 1 N–H and O–H groups in total. The van der Waals surface area contributed by atoms with E-state index in [4.69, 9.17) is 4.74 Å². The maximum Gasteiger partial charge on any atom is 0.338 e. The van der Waals surface area contributed by atoms with E-state index in [9.17, 15) is 14.0 Å². The van der Waals surface area contributed by atoms with Crippen molar-refractivity contribution < 1.29 is 18.7 Å². The number of unbranched alkanes of at least 4 members (excludes halogenated alkanes) is 1. The highest BCUT2D eigenvalue weighted by atomic mass is 32.1. The first-order chi connectivity index (χ1) is 15.5. The van der Waals surface area contributed by atoms with Gasteiger partial charge in [-0.25, -0.2) is 14.2 Å². The number of carbonyl (C=O) groups excluding carboxylic acids is 2. The lowest BCUT2D eigenvalue weighted by molar-refractivity contribution is -0.120. The van der Waals surface area contributed by atoms with E-state index < -0.39 is 0 Å². The Morgan fingerprint density at radius 3 is 2.84 bits per heavy atom. The van der Waals surface area contributed by atoms with E-state index in [2.05, 4.69) is 15.2 Å². The highest BCUT2D eigenvalue weighted by molar-refractivity contribution is 7.22. The average molecular weight is 456 g/mol. The number of anilines is 2. The maximum atomic E-state index is 13.5. The van der Waals surface area contributed by atoms with Crippen molar-refractivity contribution in [3.8, 4) is 0 Å². The minimum atomic E-state index is -0.352. The fourth-order valence-corrected chi connectivity index (χ4v) is 4.74. The molecular formula is C24H26FN3O3S. The number of nitrogens with one attached hydrogen (secondary N) is 1.